The highest BCUT2D eigenvalue weighted by atomic mass is 35.5. The van der Waals surface area contributed by atoms with Gasteiger partial charge in [0.1, 0.15) is 5.15 Å². The summed E-state index contributed by atoms with van der Waals surface area (Å²) >= 11 is 5.93. The van der Waals surface area contributed by atoms with E-state index in [1.165, 1.54) is 4.90 Å². The van der Waals surface area contributed by atoms with Crippen molar-refractivity contribution in [1.82, 2.24) is 15.2 Å². The van der Waals surface area contributed by atoms with Gasteiger partial charge in [0.05, 0.1) is 6.04 Å². The molecule has 2 heterocycles. The SMILES string of the molecule is O=C1CC[C@@H](CN(C(=O)O)[C@@H]2CCCc3nc(Cl)ccc32)N1. The van der Waals surface area contributed by atoms with Crippen LogP contribution in [0.5, 0.6) is 0 Å². The first-order chi connectivity index (χ1) is 10.5. The molecule has 118 valence electrons. The quantitative estimate of drug-likeness (QED) is 0.837. The second kappa shape index (κ2) is 6.12. The second-order valence-electron chi connectivity index (χ2n) is 5.82. The molecule has 1 aliphatic carbocycles. The number of carboxylic acid groups (broad SMARTS) is 1. The highest BCUT2D eigenvalue weighted by Gasteiger charge is 2.33. The molecule has 3 rings (SSSR count). The first-order valence-corrected chi connectivity index (χ1v) is 7.86. The summed E-state index contributed by atoms with van der Waals surface area (Å²) in [6, 6.07) is 3.26. The van der Waals surface area contributed by atoms with E-state index in [2.05, 4.69) is 10.3 Å². The molecule has 1 aromatic rings. The number of nitrogens with zero attached hydrogens (tertiary/aromatic N) is 2. The van der Waals surface area contributed by atoms with Crippen molar-refractivity contribution in [3.05, 3.63) is 28.5 Å². The molecule has 2 atom stereocenters. The van der Waals surface area contributed by atoms with Crippen molar-refractivity contribution in [3.63, 3.8) is 0 Å². The third kappa shape index (κ3) is 3.02. The molecule has 1 aliphatic heterocycles. The first-order valence-electron chi connectivity index (χ1n) is 7.49. The molecule has 0 unspecified atom stereocenters. The zero-order valence-corrected chi connectivity index (χ0v) is 12.8. The number of carbonyl (C=O) groups is 2. The molecule has 22 heavy (non-hydrogen) atoms. The molecule has 0 bridgehead atoms. The van der Waals surface area contributed by atoms with Gasteiger partial charge in [-0.25, -0.2) is 9.78 Å². The van der Waals surface area contributed by atoms with Gasteiger partial charge in [0, 0.05) is 24.7 Å². The Morgan fingerprint density at radius 3 is 2.91 bits per heavy atom. The Labute approximate surface area is 133 Å². The van der Waals surface area contributed by atoms with E-state index in [0.717, 1.165) is 30.5 Å². The summed E-state index contributed by atoms with van der Waals surface area (Å²) < 4.78 is 0. The van der Waals surface area contributed by atoms with Crippen LogP contribution in [0.3, 0.4) is 0 Å². The lowest BCUT2D eigenvalue weighted by atomic mass is 9.90. The summed E-state index contributed by atoms with van der Waals surface area (Å²) in [4.78, 5) is 28.8. The summed E-state index contributed by atoms with van der Waals surface area (Å²) in [5.41, 5.74) is 1.81. The largest absolute Gasteiger partial charge is 0.465 e. The number of amides is 2. The van der Waals surface area contributed by atoms with Crippen LogP contribution >= 0.6 is 11.6 Å². The number of halogens is 1. The lowest BCUT2D eigenvalue weighted by molar-refractivity contribution is -0.119. The number of aromatic nitrogens is 1. The number of fused-ring (bicyclic) bond motifs is 1. The highest BCUT2D eigenvalue weighted by Crippen LogP contribution is 2.34. The van der Waals surface area contributed by atoms with Crippen molar-refractivity contribution in [1.29, 1.82) is 0 Å². The predicted molar refractivity (Wildman–Crippen MR) is 80.8 cm³/mol. The second-order valence-corrected chi connectivity index (χ2v) is 6.20. The van der Waals surface area contributed by atoms with E-state index in [9.17, 15) is 14.7 Å². The highest BCUT2D eigenvalue weighted by molar-refractivity contribution is 6.29. The summed E-state index contributed by atoms with van der Waals surface area (Å²) in [6.45, 7) is 0.313. The Balaban J connectivity index is 1.83. The van der Waals surface area contributed by atoms with Crippen molar-refractivity contribution < 1.29 is 14.7 Å². The normalized spacial score (nSPS) is 23.8. The topological polar surface area (TPSA) is 82.5 Å². The molecule has 1 fully saturated rings. The Bertz CT molecular complexity index is 608. The fourth-order valence-corrected chi connectivity index (χ4v) is 3.49. The van der Waals surface area contributed by atoms with Gasteiger partial charge >= 0.3 is 6.09 Å². The fraction of sp³-hybridized carbons (Fsp3) is 0.533. The van der Waals surface area contributed by atoms with E-state index in [-0.39, 0.29) is 18.0 Å². The molecular formula is C15H18ClN3O3. The molecule has 0 aromatic carbocycles. The minimum Gasteiger partial charge on any atom is -0.465 e. The molecule has 0 radical (unpaired) electrons. The lowest BCUT2D eigenvalue weighted by Gasteiger charge is -2.35. The van der Waals surface area contributed by atoms with E-state index in [0.29, 0.717) is 24.5 Å². The molecule has 6 nitrogen and oxygen atoms in total. The van der Waals surface area contributed by atoms with Gasteiger partial charge in [-0.3, -0.25) is 9.69 Å². The molecule has 7 heteroatoms. The van der Waals surface area contributed by atoms with Gasteiger partial charge in [-0.2, -0.15) is 0 Å². The number of aryl methyl sites for hydroxylation is 1. The minimum absolute atomic E-state index is 0.00664. The van der Waals surface area contributed by atoms with Crippen LogP contribution < -0.4 is 5.32 Å². The lowest BCUT2D eigenvalue weighted by Crippen LogP contribution is -2.44. The van der Waals surface area contributed by atoms with Crippen LogP contribution in [-0.2, 0) is 11.2 Å². The van der Waals surface area contributed by atoms with E-state index < -0.39 is 6.09 Å². The van der Waals surface area contributed by atoms with Crippen molar-refractivity contribution in [2.24, 2.45) is 0 Å². The summed E-state index contributed by atoms with van der Waals surface area (Å²) in [5.74, 6) is -0.00664. The van der Waals surface area contributed by atoms with Crippen molar-refractivity contribution in [2.75, 3.05) is 6.54 Å². The molecule has 0 saturated carbocycles. The van der Waals surface area contributed by atoms with Gasteiger partial charge in [-0.1, -0.05) is 17.7 Å². The van der Waals surface area contributed by atoms with Crippen LogP contribution in [0.1, 0.15) is 43.0 Å². The maximum Gasteiger partial charge on any atom is 0.407 e. The Kier molecular flexibility index (Phi) is 4.20. The molecule has 1 aromatic heterocycles. The fourth-order valence-electron chi connectivity index (χ4n) is 3.32. The molecule has 2 amide bonds. The summed E-state index contributed by atoms with van der Waals surface area (Å²) in [5, 5.41) is 12.9. The Hall–Kier alpha value is -1.82. The van der Waals surface area contributed by atoms with Crippen LogP contribution in [-0.4, -0.2) is 39.6 Å². The molecule has 1 saturated heterocycles. The van der Waals surface area contributed by atoms with Crippen LogP contribution in [0.15, 0.2) is 12.1 Å². The molecular weight excluding hydrogens is 306 g/mol. The maximum atomic E-state index is 11.7. The van der Waals surface area contributed by atoms with E-state index in [1.807, 2.05) is 6.07 Å². The number of hydrogen-bond donors (Lipinski definition) is 2. The van der Waals surface area contributed by atoms with Gasteiger partial charge in [0.15, 0.2) is 0 Å². The van der Waals surface area contributed by atoms with Crippen LogP contribution in [0.25, 0.3) is 0 Å². The standard InChI is InChI=1S/C15H18ClN3O3/c16-13-6-5-10-11(18-13)2-1-3-12(10)19(15(21)22)8-9-4-7-14(20)17-9/h5-6,9,12H,1-4,7-8H2,(H,17,20)(H,21,22)/t9-,12+/m0/s1. The van der Waals surface area contributed by atoms with Crippen LogP contribution in [0, 0.1) is 0 Å². The van der Waals surface area contributed by atoms with Gasteiger partial charge < -0.3 is 10.4 Å². The molecule has 2 N–H and O–H groups in total. The zero-order valence-electron chi connectivity index (χ0n) is 12.1. The van der Waals surface area contributed by atoms with Crippen molar-refractivity contribution in [2.45, 2.75) is 44.2 Å². The monoisotopic (exact) mass is 323 g/mol. The predicted octanol–water partition coefficient (Wildman–Crippen LogP) is 2.37. The van der Waals surface area contributed by atoms with Gasteiger partial charge in [0.25, 0.3) is 0 Å². The minimum atomic E-state index is -0.964. The third-order valence-electron chi connectivity index (χ3n) is 4.35. The first kappa shape index (κ1) is 15.1. The van der Waals surface area contributed by atoms with E-state index >= 15 is 0 Å². The zero-order chi connectivity index (χ0) is 15.7. The van der Waals surface area contributed by atoms with E-state index in [1.54, 1.807) is 6.07 Å². The smallest absolute Gasteiger partial charge is 0.407 e. The van der Waals surface area contributed by atoms with Crippen LogP contribution in [0.4, 0.5) is 4.79 Å². The third-order valence-corrected chi connectivity index (χ3v) is 4.56. The molecule has 0 spiro atoms. The van der Waals surface area contributed by atoms with E-state index in [4.69, 9.17) is 11.6 Å². The number of pyridine rings is 1. The van der Waals surface area contributed by atoms with Crippen LogP contribution in [0.2, 0.25) is 5.15 Å². The van der Waals surface area contributed by atoms with Gasteiger partial charge in [0.2, 0.25) is 5.91 Å². The number of hydrogen-bond acceptors (Lipinski definition) is 3. The number of nitrogens with one attached hydrogen (secondary N) is 1. The van der Waals surface area contributed by atoms with Crippen molar-refractivity contribution >= 4 is 23.6 Å². The Morgan fingerprint density at radius 1 is 1.41 bits per heavy atom. The Morgan fingerprint density at radius 2 is 2.23 bits per heavy atom. The maximum absolute atomic E-state index is 11.7. The average molecular weight is 324 g/mol. The van der Waals surface area contributed by atoms with Gasteiger partial charge in [-0.05, 0) is 37.3 Å². The van der Waals surface area contributed by atoms with Gasteiger partial charge in [-0.15, -0.1) is 0 Å². The number of carbonyl (C=O) groups excluding carboxylic acids is 1. The summed E-state index contributed by atoms with van der Waals surface area (Å²) in [6.07, 6.45) is 2.65. The number of rotatable bonds is 3. The summed E-state index contributed by atoms with van der Waals surface area (Å²) in [7, 11) is 0. The van der Waals surface area contributed by atoms with Crippen molar-refractivity contribution in [3.8, 4) is 0 Å². The molecule has 2 aliphatic rings. The average Bonchev–Trinajstić information content (AvgIpc) is 2.89.